The van der Waals surface area contributed by atoms with Gasteiger partial charge in [-0.1, -0.05) is 36.4 Å². The van der Waals surface area contributed by atoms with E-state index in [1.807, 2.05) is 18.2 Å². The second-order valence-corrected chi connectivity index (χ2v) is 7.36. The molecule has 3 aromatic rings. The lowest BCUT2D eigenvalue weighted by atomic mass is 9.92. The number of carbonyl (C=O) groups excluding carboxylic acids is 1. The maximum absolute atomic E-state index is 14.0. The molecular weight excluding hydrogens is 435 g/mol. The Balaban J connectivity index is 2.21. The van der Waals surface area contributed by atoms with Crippen LogP contribution in [0.5, 0.6) is 0 Å². The summed E-state index contributed by atoms with van der Waals surface area (Å²) in [5, 5.41) is 10.7. The summed E-state index contributed by atoms with van der Waals surface area (Å²) in [6.07, 6.45) is -4.16. The monoisotopic (exact) mass is 455 g/mol. The van der Waals surface area contributed by atoms with Crippen molar-refractivity contribution >= 4 is 28.9 Å². The Labute approximate surface area is 180 Å². The van der Waals surface area contributed by atoms with Crippen LogP contribution in [0.15, 0.2) is 59.6 Å². The number of nitrogens with zero attached hydrogens (tertiary/aromatic N) is 1. The Morgan fingerprint density at radius 3 is 2.48 bits per heavy atom. The average Bonchev–Trinajstić information content (AvgIpc) is 3.09. The lowest BCUT2D eigenvalue weighted by molar-refractivity contribution is -0.267. The third kappa shape index (κ3) is 4.57. The number of aliphatic hydroxyl groups is 1. The molecule has 2 aromatic carbocycles. The van der Waals surface area contributed by atoms with Crippen LogP contribution in [-0.4, -0.2) is 35.5 Å². The van der Waals surface area contributed by atoms with Crippen LogP contribution >= 0.6 is 12.0 Å². The van der Waals surface area contributed by atoms with Gasteiger partial charge in [-0.25, -0.2) is 9.68 Å². The highest BCUT2D eigenvalue weighted by molar-refractivity contribution is 7.94. The van der Waals surface area contributed by atoms with Crippen LogP contribution < -0.4 is 0 Å². The summed E-state index contributed by atoms with van der Waals surface area (Å²) in [7, 11) is 1.32. The summed E-state index contributed by atoms with van der Waals surface area (Å²) in [4.78, 5) is 17.4. The number of fused-ring (bicyclic) bond motifs is 1. The molecule has 3 rings (SSSR count). The summed E-state index contributed by atoms with van der Waals surface area (Å²) >= 11 is 0.875. The van der Waals surface area contributed by atoms with E-state index in [4.69, 9.17) is 4.33 Å². The van der Waals surface area contributed by atoms with E-state index in [0.717, 1.165) is 23.8 Å². The predicted octanol–water partition coefficient (Wildman–Crippen LogP) is 4.59. The zero-order valence-corrected chi connectivity index (χ0v) is 17.5. The molecule has 0 aliphatic carbocycles. The molecule has 1 heterocycles. The molecular formula is C21H20F3NO5S. The second-order valence-electron chi connectivity index (χ2n) is 6.58. The van der Waals surface area contributed by atoms with Crippen LogP contribution in [0, 0.1) is 0 Å². The molecule has 31 heavy (non-hydrogen) atoms. The van der Waals surface area contributed by atoms with Crippen molar-refractivity contribution in [3.8, 4) is 0 Å². The van der Waals surface area contributed by atoms with Crippen molar-refractivity contribution in [1.82, 2.24) is 4.57 Å². The molecule has 0 aliphatic heterocycles. The predicted molar refractivity (Wildman–Crippen MR) is 108 cm³/mol. The molecule has 0 amide bonds. The van der Waals surface area contributed by atoms with Crippen molar-refractivity contribution < 1.29 is 37.0 Å². The second kappa shape index (κ2) is 9.31. The number of rotatable bonds is 8. The quantitative estimate of drug-likeness (QED) is 0.232. The zero-order chi connectivity index (χ0) is 22.6. The molecule has 0 saturated carbocycles. The Kier molecular flexibility index (Phi) is 6.95. The third-order valence-corrected chi connectivity index (χ3v) is 5.27. The summed E-state index contributed by atoms with van der Waals surface area (Å²) in [5.41, 5.74) is -3.23. The number of halogens is 3. The SMILES string of the molecule is CCOC(=O)C(O)(c1cn(Cc2ccccc2)c2cc(SOOC)ccc12)C(F)(F)F. The number of esters is 1. The van der Waals surface area contributed by atoms with Crippen molar-refractivity contribution in [2.45, 2.75) is 30.1 Å². The Morgan fingerprint density at radius 2 is 1.87 bits per heavy atom. The van der Waals surface area contributed by atoms with Gasteiger partial charge in [-0.3, -0.25) is 0 Å². The fourth-order valence-corrected chi connectivity index (χ4v) is 3.64. The van der Waals surface area contributed by atoms with E-state index in [1.54, 1.807) is 18.2 Å². The van der Waals surface area contributed by atoms with Crippen molar-refractivity contribution in [3.63, 3.8) is 0 Å². The van der Waals surface area contributed by atoms with E-state index in [2.05, 4.69) is 9.62 Å². The van der Waals surface area contributed by atoms with Gasteiger partial charge in [0.25, 0.3) is 5.60 Å². The van der Waals surface area contributed by atoms with E-state index in [0.29, 0.717) is 10.4 Å². The lowest BCUT2D eigenvalue weighted by Crippen LogP contribution is -2.50. The van der Waals surface area contributed by atoms with Gasteiger partial charge < -0.3 is 14.4 Å². The van der Waals surface area contributed by atoms with Crippen LogP contribution in [0.3, 0.4) is 0 Å². The van der Waals surface area contributed by atoms with E-state index in [1.165, 1.54) is 30.7 Å². The molecule has 0 spiro atoms. The van der Waals surface area contributed by atoms with Crippen LogP contribution in [-0.2, 0) is 30.9 Å². The summed E-state index contributed by atoms with van der Waals surface area (Å²) in [5.74, 6) is -1.78. The fraction of sp³-hybridized carbons (Fsp3) is 0.286. The minimum atomic E-state index is -5.29. The fourth-order valence-electron chi connectivity index (χ4n) is 3.21. The van der Waals surface area contributed by atoms with Crippen LogP contribution in [0.4, 0.5) is 13.2 Å². The number of benzene rings is 2. The van der Waals surface area contributed by atoms with Gasteiger partial charge in [-0.05, 0) is 24.6 Å². The van der Waals surface area contributed by atoms with Crippen LogP contribution in [0.2, 0.25) is 0 Å². The molecule has 1 unspecified atom stereocenters. The van der Waals surface area contributed by atoms with Crippen LogP contribution in [0.1, 0.15) is 18.1 Å². The number of carbonyl (C=O) groups is 1. The number of alkyl halides is 3. The smallest absolute Gasteiger partial charge is 0.432 e. The molecule has 0 radical (unpaired) electrons. The van der Waals surface area contributed by atoms with E-state index in [9.17, 15) is 23.1 Å². The van der Waals surface area contributed by atoms with Crippen molar-refractivity contribution in [2.24, 2.45) is 0 Å². The topological polar surface area (TPSA) is 69.9 Å². The molecule has 0 bridgehead atoms. The molecule has 10 heteroatoms. The first-order valence-electron chi connectivity index (χ1n) is 9.23. The van der Waals surface area contributed by atoms with Gasteiger partial charge in [0.05, 0.1) is 25.8 Å². The van der Waals surface area contributed by atoms with Gasteiger partial charge >= 0.3 is 12.1 Å². The van der Waals surface area contributed by atoms with Gasteiger partial charge in [-0.15, -0.1) is 0 Å². The van der Waals surface area contributed by atoms with Crippen LogP contribution in [0.25, 0.3) is 10.9 Å². The highest BCUT2D eigenvalue weighted by Gasteiger charge is 2.63. The highest BCUT2D eigenvalue weighted by atomic mass is 32.2. The van der Waals surface area contributed by atoms with E-state index >= 15 is 0 Å². The molecule has 0 fully saturated rings. The maximum atomic E-state index is 14.0. The Bertz CT molecular complexity index is 1050. The van der Waals surface area contributed by atoms with Gasteiger partial charge in [0.1, 0.15) is 0 Å². The third-order valence-electron chi connectivity index (χ3n) is 4.62. The first-order valence-corrected chi connectivity index (χ1v) is 9.97. The minimum absolute atomic E-state index is 0.0607. The number of aromatic nitrogens is 1. The molecule has 0 saturated heterocycles. The lowest BCUT2D eigenvalue weighted by Gasteiger charge is -2.27. The summed E-state index contributed by atoms with van der Waals surface area (Å²) in [6.45, 7) is 1.27. The summed E-state index contributed by atoms with van der Waals surface area (Å²) < 4.78 is 52.9. The van der Waals surface area contributed by atoms with Gasteiger partial charge in [0.15, 0.2) is 0 Å². The highest BCUT2D eigenvalue weighted by Crippen LogP contribution is 2.44. The molecule has 6 nitrogen and oxygen atoms in total. The van der Waals surface area contributed by atoms with E-state index < -0.39 is 23.3 Å². The maximum Gasteiger partial charge on any atom is 0.432 e. The molecule has 1 N–H and O–H groups in total. The number of ether oxygens (including phenoxy) is 1. The molecule has 166 valence electrons. The first-order chi connectivity index (χ1) is 14.7. The normalized spacial score (nSPS) is 13.9. The molecule has 1 atom stereocenters. The Morgan fingerprint density at radius 1 is 1.16 bits per heavy atom. The first kappa shape index (κ1) is 23.1. The standard InChI is InChI=1S/C21H20F3NO5S/c1-3-29-19(26)20(27,21(22,23)24)17-13-25(12-14-7-5-4-6-8-14)18-11-15(31-30-28-2)9-10-16(17)18/h4-11,13,27H,3,12H2,1-2H3. The Hall–Kier alpha value is -2.53. The zero-order valence-electron chi connectivity index (χ0n) is 16.7. The largest absolute Gasteiger partial charge is 0.463 e. The van der Waals surface area contributed by atoms with E-state index in [-0.39, 0.29) is 18.5 Å². The van der Waals surface area contributed by atoms with Crippen molar-refractivity contribution in [1.29, 1.82) is 0 Å². The minimum Gasteiger partial charge on any atom is -0.463 e. The van der Waals surface area contributed by atoms with Crippen molar-refractivity contribution in [3.05, 3.63) is 65.9 Å². The average molecular weight is 455 g/mol. The van der Waals surface area contributed by atoms with Gasteiger partial charge in [-0.2, -0.15) is 17.5 Å². The van der Waals surface area contributed by atoms with Crippen molar-refractivity contribution in [2.75, 3.05) is 13.7 Å². The number of hydrogen-bond acceptors (Lipinski definition) is 6. The molecule has 1 aromatic heterocycles. The molecule has 0 aliphatic rings. The summed E-state index contributed by atoms with van der Waals surface area (Å²) in [6, 6.07) is 13.6. The number of hydrogen-bond donors (Lipinski definition) is 1. The van der Waals surface area contributed by atoms with Gasteiger partial charge in [0, 0.05) is 34.1 Å². The van der Waals surface area contributed by atoms with Gasteiger partial charge in [0.2, 0.25) is 0 Å².